The summed E-state index contributed by atoms with van der Waals surface area (Å²) in [7, 11) is 1.63. The van der Waals surface area contributed by atoms with Crippen molar-refractivity contribution in [3.63, 3.8) is 0 Å². The Bertz CT molecular complexity index is 436. The van der Waals surface area contributed by atoms with E-state index in [1.165, 1.54) is 0 Å². The molecular weight excluding hydrogens is 232 g/mol. The van der Waals surface area contributed by atoms with Crippen molar-refractivity contribution >= 4 is 11.7 Å². The van der Waals surface area contributed by atoms with Crippen molar-refractivity contribution in [2.45, 2.75) is 12.5 Å². The minimum atomic E-state index is -0.929. The lowest BCUT2D eigenvalue weighted by Gasteiger charge is -2.22. The Morgan fingerprint density at radius 3 is 2.94 bits per heavy atom. The van der Waals surface area contributed by atoms with Gasteiger partial charge >= 0.3 is 5.97 Å². The van der Waals surface area contributed by atoms with Gasteiger partial charge in [-0.1, -0.05) is 12.1 Å². The van der Waals surface area contributed by atoms with Crippen LogP contribution in [0.4, 0.5) is 5.69 Å². The van der Waals surface area contributed by atoms with Gasteiger partial charge in [-0.05, 0) is 18.6 Å². The quantitative estimate of drug-likeness (QED) is 0.831. The number of carboxylic acids is 1. The highest BCUT2D eigenvalue weighted by molar-refractivity contribution is 5.74. The summed E-state index contributed by atoms with van der Waals surface area (Å²) in [5.41, 5.74) is 6.68. The van der Waals surface area contributed by atoms with Gasteiger partial charge in [-0.2, -0.15) is 0 Å². The predicted molar refractivity (Wildman–Crippen MR) is 68.9 cm³/mol. The largest absolute Gasteiger partial charge is 0.495 e. The van der Waals surface area contributed by atoms with E-state index < -0.39 is 12.0 Å². The minimum Gasteiger partial charge on any atom is -0.495 e. The average Bonchev–Trinajstić information content (AvgIpc) is 2.87. The van der Waals surface area contributed by atoms with Crippen molar-refractivity contribution in [3.05, 3.63) is 24.3 Å². The number of aliphatic carboxylic acids is 1. The summed E-state index contributed by atoms with van der Waals surface area (Å²) in [5.74, 6) is -0.128. The van der Waals surface area contributed by atoms with E-state index >= 15 is 0 Å². The number of carbonyl (C=O) groups is 1. The molecule has 1 aromatic carbocycles. The van der Waals surface area contributed by atoms with Gasteiger partial charge in [0, 0.05) is 19.0 Å². The van der Waals surface area contributed by atoms with Gasteiger partial charge in [0.1, 0.15) is 11.8 Å². The lowest BCUT2D eigenvalue weighted by molar-refractivity contribution is -0.139. The molecule has 0 saturated carbocycles. The molecule has 3 N–H and O–H groups in total. The number of rotatable bonds is 4. The molecule has 1 aliphatic heterocycles. The number of nitrogens with two attached hydrogens (primary N) is 1. The van der Waals surface area contributed by atoms with Crippen LogP contribution in [0.2, 0.25) is 0 Å². The molecule has 0 aromatic heterocycles. The van der Waals surface area contributed by atoms with Crippen LogP contribution in [0, 0.1) is 5.92 Å². The third kappa shape index (κ3) is 2.41. The molecule has 5 nitrogen and oxygen atoms in total. The minimum absolute atomic E-state index is 0.00703. The predicted octanol–water partition coefficient (Wildman–Crippen LogP) is 0.933. The second kappa shape index (κ2) is 5.27. The molecule has 1 aliphatic rings. The molecule has 1 aromatic rings. The van der Waals surface area contributed by atoms with Crippen molar-refractivity contribution in [1.82, 2.24) is 0 Å². The zero-order valence-electron chi connectivity index (χ0n) is 10.4. The standard InChI is InChI=1S/C13H18N2O3/c1-18-11-5-3-2-4-10(11)15-7-6-9(8-15)12(14)13(16)17/h2-5,9,12H,6-8,14H2,1H3,(H,16,17). The average molecular weight is 250 g/mol. The first-order valence-corrected chi connectivity index (χ1v) is 6.00. The molecule has 5 heteroatoms. The summed E-state index contributed by atoms with van der Waals surface area (Å²) in [6, 6.07) is 6.96. The van der Waals surface area contributed by atoms with Gasteiger partial charge in [-0.15, -0.1) is 0 Å². The molecule has 98 valence electrons. The van der Waals surface area contributed by atoms with Crippen LogP contribution in [0.3, 0.4) is 0 Å². The third-order valence-electron chi connectivity index (χ3n) is 3.44. The molecule has 2 atom stereocenters. The van der Waals surface area contributed by atoms with E-state index in [4.69, 9.17) is 15.6 Å². The van der Waals surface area contributed by atoms with E-state index in [0.29, 0.717) is 6.54 Å². The molecule has 0 spiro atoms. The Morgan fingerprint density at radius 1 is 1.56 bits per heavy atom. The third-order valence-corrected chi connectivity index (χ3v) is 3.44. The second-order valence-corrected chi connectivity index (χ2v) is 4.53. The molecule has 1 fully saturated rings. The molecule has 0 radical (unpaired) electrons. The van der Waals surface area contributed by atoms with Gasteiger partial charge in [-0.25, -0.2) is 0 Å². The van der Waals surface area contributed by atoms with Crippen LogP contribution in [0.15, 0.2) is 24.3 Å². The first-order valence-electron chi connectivity index (χ1n) is 6.00. The molecule has 0 bridgehead atoms. The highest BCUT2D eigenvalue weighted by Gasteiger charge is 2.32. The van der Waals surface area contributed by atoms with E-state index in [2.05, 4.69) is 4.90 Å². The number of methoxy groups -OCH3 is 1. The topological polar surface area (TPSA) is 75.8 Å². The molecule has 1 saturated heterocycles. The van der Waals surface area contributed by atoms with Crippen molar-refractivity contribution in [2.75, 3.05) is 25.1 Å². The highest BCUT2D eigenvalue weighted by atomic mass is 16.5. The lowest BCUT2D eigenvalue weighted by Crippen LogP contribution is -2.39. The summed E-state index contributed by atoms with van der Waals surface area (Å²) < 4.78 is 5.31. The van der Waals surface area contributed by atoms with E-state index in [-0.39, 0.29) is 5.92 Å². The number of carboxylic acid groups (broad SMARTS) is 1. The number of hydrogen-bond acceptors (Lipinski definition) is 4. The monoisotopic (exact) mass is 250 g/mol. The Kier molecular flexibility index (Phi) is 3.72. The molecular formula is C13H18N2O3. The second-order valence-electron chi connectivity index (χ2n) is 4.53. The number of benzene rings is 1. The van der Waals surface area contributed by atoms with Crippen LogP contribution < -0.4 is 15.4 Å². The summed E-state index contributed by atoms with van der Waals surface area (Å²) in [6.45, 7) is 1.47. The Hall–Kier alpha value is -1.75. The highest BCUT2D eigenvalue weighted by Crippen LogP contribution is 2.32. The number of ether oxygens (including phenoxy) is 1. The van der Waals surface area contributed by atoms with Gasteiger partial charge in [-0.3, -0.25) is 4.79 Å². The zero-order valence-corrected chi connectivity index (χ0v) is 10.4. The Morgan fingerprint density at radius 2 is 2.28 bits per heavy atom. The molecule has 2 unspecified atom stereocenters. The first kappa shape index (κ1) is 12.7. The maximum absolute atomic E-state index is 10.9. The van der Waals surface area contributed by atoms with E-state index in [1.807, 2.05) is 24.3 Å². The van der Waals surface area contributed by atoms with Gasteiger partial charge in [0.2, 0.25) is 0 Å². The van der Waals surface area contributed by atoms with Crippen LogP contribution in [-0.2, 0) is 4.79 Å². The van der Waals surface area contributed by atoms with Crippen molar-refractivity contribution in [3.8, 4) is 5.75 Å². The van der Waals surface area contributed by atoms with E-state index in [1.54, 1.807) is 7.11 Å². The van der Waals surface area contributed by atoms with Gasteiger partial charge < -0.3 is 20.5 Å². The van der Waals surface area contributed by atoms with Gasteiger partial charge in [0.25, 0.3) is 0 Å². The van der Waals surface area contributed by atoms with Crippen LogP contribution >= 0.6 is 0 Å². The summed E-state index contributed by atoms with van der Waals surface area (Å²) in [6.07, 6.45) is 0.797. The van der Waals surface area contributed by atoms with Crippen molar-refractivity contribution < 1.29 is 14.6 Å². The smallest absolute Gasteiger partial charge is 0.320 e. The van der Waals surface area contributed by atoms with E-state index in [0.717, 1.165) is 24.4 Å². The zero-order chi connectivity index (χ0) is 13.1. The Balaban J connectivity index is 2.11. The summed E-state index contributed by atoms with van der Waals surface area (Å²) in [4.78, 5) is 13.0. The van der Waals surface area contributed by atoms with Crippen molar-refractivity contribution in [1.29, 1.82) is 0 Å². The van der Waals surface area contributed by atoms with Gasteiger partial charge in [0.15, 0.2) is 0 Å². The molecule has 2 rings (SSSR count). The van der Waals surface area contributed by atoms with Crippen LogP contribution in [-0.4, -0.2) is 37.3 Å². The lowest BCUT2D eigenvalue weighted by atomic mass is 10.0. The fraction of sp³-hybridized carbons (Fsp3) is 0.462. The summed E-state index contributed by atoms with van der Waals surface area (Å²) >= 11 is 0. The van der Waals surface area contributed by atoms with E-state index in [9.17, 15) is 4.79 Å². The number of nitrogens with zero attached hydrogens (tertiary/aromatic N) is 1. The molecule has 0 amide bonds. The maximum atomic E-state index is 10.9. The summed E-state index contributed by atoms with van der Waals surface area (Å²) in [5, 5.41) is 8.93. The number of anilines is 1. The maximum Gasteiger partial charge on any atom is 0.320 e. The molecule has 1 heterocycles. The van der Waals surface area contributed by atoms with Gasteiger partial charge in [0.05, 0.1) is 12.8 Å². The fourth-order valence-electron chi connectivity index (χ4n) is 2.39. The first-order chi connectivity index (χ1) is 8.63. The van der Waals surface area contributed by atoms with Crippen molar-refractivity contribution in [2.24, 2.45) is 11.7 Å². The Labute approximate surface area is 106 Å². The number of para-hydroxylation sites is 2. The normalized spacial score (nSPS) is 20.8. The van der Waals surface area contributed by atoms with Crippen LogP contribution in [0.1, 0.15) is 6.42 Å². The molecule has 0 aliphatic carbocycles. The van der Waals surface area contributed by atoms with Crippen LogP contribution in [0.5, 0.6) is 5.75 Å². The fourth-order valence-corrected chi connectivity index (χ4v) is 2.39. The van der Waals surface area contributed by atoms with Crippen LogP contribution in [0.25, 0.3) is 0 Å². The number of hydrogen-bond donors (Lipinski definition) is 2. The SMILES string of the molecule is COc1ccccc1N1CCC(C(N)C(=O)O)C1. The molecule has 18 heavy (non-hydrogen) atoms.